The van der Waals surface area contributed by atoms with Crippen molar-refractivity contribution in [1.29, 1.82) is 0 Å². The Kier molecular flexibility index (Phi) is 3.33. The summed E-state index contributed by atoms with van der Waals surface area (Å²) in [5.74, 6) is 0. The highest BCUT2D eigenvalue weighted by Crippen LogP contribution is 2.28. The standard InChI is InChI=1S/C11H17N3O3/c1-4-5-17-14-10-7-13(11(14)15)8(2)6-9(10)12-16-3/h4,8,10H,1,5-7H2,2-3H3/b12-9-/t8-,10?/m1/s1. The summed E-state index contributed by atoms with van der Waals surface area (Å²) in [6, 6.07) is -0.116. The van der Waals surface area contributed by atoms with E-state index in [1.165, 1.54) is 12.2 Å². The van der Waals surface area contributed by atoms with Gasteiger partial charge in [0.05, 0.1) is 18.9 Å². The van der Waals surface area contributed by atoms with Crippen LogP contribution in [0.3, 0.4) is 0 Å². The van der Waals surface area contributed by atoms with Gasteiger partial charge in [-0.3, -0.25) is 4.84 Å². The van der Waals surface area contributed by atoms with Crippen LogP contribution < -0.4 is 0 Å². The van der Waals surface area contributed by atoms with Crippen molar-refractivity contribution in [2.75, 3.05) is 20.3 Å². The van der Waals surface area contributed by atoms with Crippen LogP contribution in [-0.4, -0.2) is 54.1 Å². The minimum Gasteiger partial charge on any atom is -0.399 e. The first-order valence-corrected chi connectivity index (χ1v) is 5.62. The highest BCUT2D eigenvalue weighted by molar-refractivity contribution is 5.97. The number of hydroxylamine groups is 2. The van der Waals surface area contributed by atoms with Crippen molar-refractivity contribution < 1.29 is 14.5 Å². The lowest BCUT2D eigenvalue weighted by Gasteiger charge is -2.28. The van der Waals surface area contributed by atoms with Gasteiger partial charge in [0.1, 0.15) is 13.2 Å². The Labute approximate surface area is 100 Å². The van der Waals surface area contributed by atoms with Crippen molar-refractivity contribution in [3.05, 3.63) is 12.7 Å². The van der Waals surface area contributed by atoms with Crippen LogP contribution in [0, 0.1) is 0 Å². The summed E-state index contributed by atoms with van der Waals surface area (Å²) in [7, 11) is 1.51. The van der Waals surface area contributed by atoms with Crippen LogP contribution in [0.1, 0.15) is 13.3 Å². The molecule has 2 aliphatic rings. The normalized spacial score (nSPS) is 30.0. The largest absolute Gasteiger partial charge is 0.399 e. The molecule has 6 nitrogen and oxygen atoms in total. The predicted octanol–water partition coefficient (Wildman–Crippen LogP) is 1.00. The molecule has 2 rings (SSSR count). The number of oxime groups is 1. The molecule has 6 heteroatoms. The summed E-state index contributed by atoms with van der Waals surface area (Å²) < 4.78 is 0. The van der Waals surface area contributed by atoms with Crippen molar-refractivity contribution in [1.82, 2.24) is 9.96 Å². The zero-order valence-corrected chi connectivity index (χ0v) is 10.1. The summed E-state index contributed by atoms with van der Waals surface area (Å²) in [5, 5.41) is 5.37. The minimum atomic E-state index is -0.140. The van der Waals surface area contributed by atoms with Crippen LogP contribution in [0.5, 0.6) is 0 Å². The van der Waals surface area contributed by atoms with Gasteiger partial charge in [0.25, 0.3) is 0 Å². The van der Waals surface area contributed by atoms with Crippen molar-refractivity contribution in [3.8, 4) is 0 Å². The lowest BCUT2D eigenvalue weighted by Crippen LogP contribution is -2.43. The Bertz CT molecular complexity index is 356. The highest BCUT2D eigenvalue weighted by atomic mass is 16.7. The van der Waals surface area contributed by atoms with E-state index in [4.69, 9.17) is 9.68 Å². The summed E-state index contributed by atoms with van der Waals surface area (Å²) in [5.41, 5.74) is 0.853. The summed E-state index contributed by atoms with van der Waals surface area (Å²) in [4.78, 5) is 24.1. The fourth-order valence-corrected chi connectivity index (χ4v) is 2.25. The number of urea groups is 1. The molecule has 2 amide bonds. The van der Waals surface area contributed by atoms with Crippen molar-refractivity contribution in [3.63, 3.8) is 0 Å². The van der Waals surface area contributed by atoms with E-state index in [9.17, 15) is 4.79 Å². The maximum absolute atomic E-state index is 12.0. The summed E-state index contributed by atoms with van der Waals surface area (Å²) >= 11 is 0. The van der Waals surface area contributed by atoms with Gasteiger partial charge in [0.2, 0.25) is 0 Å². The maximum atomic E-state index is 12.0. The Morgan fingerprint density at radius 2 is 2.41 bits per heavy atom. The molecule has 1 unspecified atom stereocenters. The molecule has 2 bridgehead atoms. The maximum Gasteiger partial charge on any atom is 0.344 e. The highest BCUT2D eigenvalue weighted by Gasteiger charge is 2.47. The van der Waals surface area contributed by atoms with Crippen LogP contribution in [0.4, 0.5) is 4.79 Å². The van der Waals surface area contributed by atoms with Crippen LogP contribution in [0.15, 0.2) is 17.8 Å². The smallest absolute Gasteiger partial charge is 0.344 e. The quantitative estimate of drug-likeness (QED) is 0.543. The molecular formula is C11H17N3O3. The van der Waals surface area contributed by atoms with Gasteiger partial charge in [0.15, 0.2) is 0 Å². The molecule has 0 aliphatic carbocycles. The van der Waals surface area contributed by atoms with Gasteiger partial charge in [-0.2, -0.15) is 5.06 Å². The van der Waals surface area contributed by atoms with Gasteiger partial charge < -0.3 is 9.74 Å². The van der Waals surface area contributed by atoms with E-state index in [0.717, 1.165) is 12.1 Å². The Morgan fingerprint density at radius 3 is 3.06 bits per heavy atom. The third kappa shape index (κ3) is 2.00. The zero-order valence-electron chi connectivity index (χ0n) is 10.1. The fraction of sp³-hybridized carbons (Fsp3) is 0.636. The molecule has 2 saturated heterocycles. The third-order valence-corrected chi connectivity index (χ3v) is 3.05. The molecule has 0 radical (unpaired) electrons. The second-order valence-electron chi connectivity index (χ2n) is 4.18. The number of carbonyl (C=O) groups is 1. The third-order valence-electron chi connectivity index (χ3n) is 3.05. The van der Waals surface area contributed by atoms with Crippen LogP contribution in [0.25, 0.3) is 0 Å². The molecule has 2 aliphatic heterocycles. The molecule has 0 spiro atoms. The summed E-state index contributed by atoms with van der Waals surface area (Å²) in [6.07, 6.45) is 2.33. The van der Waals surface area contributed by atoms with E-state index in [1.54, 1.807) is 11.0 Å². The molecule has 2 heterocycles. The zero-order chi connectivity index (χ0) is 12.4. The number of hydrogen-bond acceptors (Lipinski definition) is 4. The predicted molar refractivity (Wildman–Crippen MR) is 62.4 cm³/mol. The van der Waals surface area contributed by atoms with Crippen LogP contribution >= 0.6 is 0 Å². The molecule has 0 aromatic heterocycles. The van der Waals surface area contributed by atoms with E-state index >= 15 is 0 Å². The monoisotopic (exact) mass is 239 g/mol. The SMILES string of the molecule is C=CCON1C(=O)N2CC1/C(=N\OC)C[C@H]2C. The van der Waals surface area contributed by atoms with Crippen molar-refractivity contribution >= 4 is 11.7 Å². The number of rotatable bonds is 4. The lowest BCUT2D eigenvalue weighted by molar-refractivity contribution is -0.104. The topological polar surface area (TPSA) is 54.4 Å². The fourth-order valence-electron chi connectivity index (χ4n) is 2.25. The Morgan fingerprint density at radius 1 is 1.65 bits per heavy atom. The molecule has 2 atom stereocenters. The van der Waals surface area contributed by atoms with Crippen molar-refractivity contribution in [2.45, 2.75) is 25.4 Å². The van der Waals surface area contributed by atoms with Crippen LogP contribution in [-0.2, 0) is 9.68 Å². The number of hydrogen-bond donors (Lipinski definition) is 0. The Balaban J connectivity index is 2.20. The van der Waals surface area contributed by atoms with Crippen molar-refractivity contribution in [2.24, 2.45) is 5.16 Å². The van der Waals surface area contributed by atoms with Gasteiger partial charge >= 0.3 is 6.03 Å². The first kappa shape index (κ1) is 11.9. The van der Waals surface area contributed by atoms with Gasteiger partial charge in [-0.25, -0.2) is 4.79 Å². The molecule has 17 heavy (non-hydrogen) atoms. The molecule has 0 saturated carbocycles. The van der Waals surface area contributed by atoms with E-state index in [1.807, 2.05) is 6.92 Å². The molecule has 2 fully saturated rings. The second-order valence-corrected chi connectivity index (χ2v) is 4.18. The average Bonchev–Trinajstić information content (AvgIpc) is 2.59. The van der Waals surface area contributed by atoms with E-state index in [-0.39, 0.29) is 18.1 Å². The van der Waals surface area contributed by atoms with E-state index in [0.29, 0.717) is 13.2 Å². The number of nitrogens with zero attached hydrogens (tertiary/aromatic N) is 3. The van der Waals surface area contributed by atoms with Gasteiger partial charge in [0, 0.05) is 12.5 Å². The summed E-state index contributed by atoms with van der Waals surface area (Å²) in [6.45, 7) is 6.49. The first-order chi connectivity index (χ1) is 8.19. The molecule has 0 aromatic rings. The molecular weight excluding hydrogens is 222 g/mol. The average molecular weight is 239 g/mol. The van der Waals surface area contributed by atoms with Gasteiger partial charge in [-0.15, -0.1) is 6.58 Å². The number of piperidine rings is 1. The van der Waals surface area contributed by atoms with E-state index in [2.05, 4.69) is 11.7 Å². The van der Waals surface area contributed by atoms with Crippen LogP contribution in [0.2, 0.25) is 0 Å². The minimum absolute atomic E-state index is 0.106. The molecule has 0 N–H and O–H groups in total. The number of amides is 2. The number of carbonyl (C=O) groups excluding carboxylic acids is 1. The second kappa shape index (κ2) is 4.75. The Hall–Kier alpha value is -1.56. The van der Waals surface area contributed by atoms with Gasteiger partial charge in [-0.1, -0.05) is 11.2 Å². The van der Waals surface area contributed by atoms with Gasteiger partial charge in [-0.05, 0) is 6.92 Å². The first-order valence-electron chi connectivity index (χ1n) is 5.62. The number of fused-ring (bicyclic) bond motifs is 2. The molecule has 0 aromatic carbocycles. The lowest BCUT2D eigenvalue weighted by atomic mass is 10.00. The molecule has 94 valence electrons. The van der Waals surface area contributed by atoms with E-state index < -0.39 is 0 Å².